The summed E-state index contributed by atoms with van der Waals surface area (Å²) in [5.74, 6) is -0.0149. The van der Waals surface area contributed by atoms with Crippen LogP contribution in [0, 0.1) is 0 Å². The third-order valence-corrected chi connectivity index (χ3v) is 3.49. The second kappa shape index (κ2) is 6.95. The number of anilines is 1. The van der Waals surface area contributed by atoms with Gasteiger partial charge in [-0.25, -0.2) is 5.32 Å². The van der Waals surface area contributed by atoms with E-state index < -0.39 is 23.5 Å². The molecule has 0 spiro atoms. The molecule has 0 aliphatic carbocycles. The monoisotopic (exact) mass is 381 g/mol. The SMILES string of the molecule is C[NH+]=C(Nc1ccc(Cl)cc1)c1cc(C(F)(F)F)cc(C(F)(F)F)c1. The van der Waals surface area contributed by atoms with E-state index in [-0.39, 0.29) is 17.5 Å². The summed E-state index contributed by atoms with van der Waals surface area (Å²) in [6, 6.07) is 7.51. The van der Waals surface area contributed by atoms with Crippen LogP contribution in [0.5, 0.6) is 0 Å². The van der Waals surface area contributed by atoms with Gasteiger partial charge in [0.15, 0.2) is 0 Å². The zero-order valence-electron chi connectivity index (χ0n) is 12.7. The highest BCUT2D eigenvalue weighted by atomic mass is 35.5. The van der Waals surface area contributed by atoms with E-state index in [2.05, 4.69) is 10.3 Å². The largest absolute Gasteiger partial charge is 0.416 e. The summed E-state index contributed by atoms with van der Waals surface area (Å²) in [6.07, 6.45) is -9.82. The van der Waals surface area contributed by atoms with Crippen LogP contribution in [0.3, 0.4) is 0 Å². The van der Waals surface area contributed by atoms with Gasteiger partial charge in [0.25, 0.3) is 5.84 Å². The molecule has 25 heavy (non-hydrogen) atoms. The molecule has 2 rings (SSSR count). The average Bonchev–Trinajstić information content (AvgIpc) is 2.52. The summed E-state index contributed by atoms with van der Waals surface area (Å²) in [5.41, 5.74) is -2.61. The molecule has 0 bridgehead atoms. The van der Waals surface area contributed by atoms with E-state index >= 15 is 0 Å². The molecule has 0 unspecified atom stereocenters. The first-order valence-corrected chi connectivity index (χ1v) is 7.25. The Kier molecular flexibility index (Phi) is 5.31. The topological polar surface area (TPSA) is 26.0 Å². The van der Waals surface area contributed by atoms with Gasteiger partial charge in [-0.05, 0) is 42.5 Å². The van der Waals surface area contributed by atoms with E-state index in [0.717, 1.165) is 0 Å². The lowest BCUT2D eigenvalue weighted by Gasteiger charge is -2.13. The van der Waals surface area contributed by atoms with Gasteiger partial charge in [-0.3, -0.25) is 4.99 Å². The maximum absolute atomic E-state index is 12.9. The Bertz CT molecular complexity index is 746. The number of nitrogens with one attached hydrogen (secondary N) is 2. The van der Waals surface area contributed by atoms with E-state index in [1.807, 2.05) is 0 Å². The van der Waals surface area contributed by atoms with E-state index in [9.17, 15) is 26.3 Å². The molecule has 0 radical (unpaired) electrons. The molecule has 2 N–H and O–H groups in total. The van der Waals surface area contributed by atoms with Gasteiger partial charge >= 0.3 is 12.4 Å². The van der Waals surface area contributed by atoms with Crippen molar-refractivity contribution < 1.29 is 31.3 Å². The molecular formula is C16H12ClF6N2+. The van der Waals surface area contributed by atoms with Gasteiger partial charge < -0.3 is 0 Å². The first-order valence-electron chi connectivity index (χ1n) is 6.88. The summed E-state index contributed by atoms with van der Waals surface area (Å²) in [6.45, 7) is 0. The molecular weight excluding hydrogens is 370 g/mol. The van der Waals surface area contributed by atoms with Crippen molar-refractivity contribution in [2.45, 2.75) is 12.4 Å². The summed E-state index contributed by atoms with van der Waals surface area (Å²) in [4.78, 5) is 2.58. The Hall–Kier alpha value is -2.22. The fraction of sp³-hybridized carbons (Fsp3) is 0.188. The molecule has 2 nitrogen and oxygen atoms in total. The van der Waals surface area contributed by atoms with Gasteiger partial charge in [-0.15, -0.1) is 0 Å². The molecule has 0 heterocycles. The molecule has 0 saturated heterocycles. The highest BCUT2D eigenvalue weighted by molar-refractivity contribution is 6.30. The second-order valence-electron chi connectivity index (χ2n) is 5.05. The van der Waals surface area contributed by atoms with Crippen LogP contribution in [-0.4, -0.2) is 12.9 Å². The normalized spacial score (nSPS) is 13.0. The molecule has 2 aromatic rings. The van der Waals surface area contributed by atoms with Crippen LogP contribution in [0.25, 0.3) is 0 Å². The van der Waals surface area contributed by atoms with Crippen LogP contribution in [-0.2, 0) is 12.4 Å². The number of amidine groups is 1. The van der Waals surface area contributed by atoms with Crippen LogP contribution in [0.4, 0.5) is 32.0 Å². The van der Waals surface area contributed by atoms with Crippen molar-refractivity contribution in [1.82, 2.24) is 0 Å². The third-order valence-electron chi connectivity index (χ3n) is 3.24. The maximum Gasteiger partial charge on any atom is 0.416 e. The Labute approximate surface area is 144 Å². The van der Waals surface area contributed by atoms with Crippen LogP contribution >= 0.6 is 11.6 Å². The molecule has 0 amide bonds. The highest BCUT2D eigenvalue weighted by Crippen LogP contribution is 2.36. The molecule has 0 fully saturated rings. The average molecular weight is 382 g/mol. The summed E-state index contributed by atoms with van der Waals surface area (Å²) in [7, 11) is 1.38. The van der Waals surface area contributed by atoms with Crippen molar-refractivity contribution in [3.05, 3.63) is 64.2 Å². The predicted octanol–water partition coefficient (Wildman–Crippen LogP) is 3.95. The fourth-order valence-electron chi connectivity index (χ4n) is 2.06. The lowest BCUT2D eigenvalue weighted by Crippen LogP contribution is -2.70. The quantitative estimate of drug-likeness (QED) is 0.460. The fourth-order valence-corrected chi connectivity index (χ4v) is 2.18. The number of alkyl halides is 6. The minimum Gasteiger partial charge on any atom is -0.277 e. The number of benzene rings is 2. The zero-order valence-corrected chi connectivity index (χ0v) is 13.4. The first kappa shape index (κ1) is 19.1. The van der Waals surface area contributed by atoms with Crippen molar-refractivity contribution in [1.29, 1.82) is 0 Å². The Morgan fingerprint density at radius 2 is 1.36 bits per heavy atom. The summed E-state index contributed by atoms with van der Waals surface area (Å²) >= 11 is 5.74. The van der Waals surface area contributed by atoms with E-state index in [1.165, 1.54) is 31.3 Å². The Morgan fingerprint density at radius 3 is 1.76 bits per heavy atom. The molecule has 0 aromatic heterocycles. The van der Waals surface area contributed by atoms with Gasteiger partial charge in [0.2, 0.25) is 0 Å². The first-order chi connectivity index (χ1) is 11.5. The van der Waals surface area contributed by atoms with Crippen molar-refractivity contribution in [3.8, 4) is 0 Å². The van der Waals surface area contributed by atoms with Crippen molar-refractivity contribution in [2.75, 3.05) is 12.4 Å². The predicted molar refractivity (Wildman–Crippen MR) is 82.5 cm³/mol. The molecule has 134 valence electrons. The zero-order chi connectivity index (χ0) is 18.8. The second-order valence-corrected chi connectivity index (χ2v) is 5.49. The lowest BCUT2D eigenvalue weighted by molar-refractivity contribution is -0.419. The minimum absolute atomic E-state index is 0.0149. The Morgan fingerprint density at radius 1 is 0.880 bits per heavy atom. The molecule has 9 heteroatoms. The molecule has 0 saturated carbocycles. The number of hydrogen-bond acceptors (Lipinski definition) is 0. The van der Waals surface area contributed by atoms with E-state index in [1.54, 1.807) is 0 Å². The third kappa shape index (κ3) is 4.88. The van der Waals surface area contributed by atoms with Gasteiger partial charge in [0.05, 0.1) is 23.7 Å². The molecule has 0 atom stereocenters. The Balaban J connectivity index is 2.49. The van der Waals surface area contributed by atoms with Crippen molar-refractivity contribution >= 4 is 23.1 Å². The molecule has 0 aliphatic rings. The van der Waals surface area contributed by atoms with Gasteiger partial charge in [-0.1, -0.05) is 11.6 Å². The number of halogens is 7. The lowest BCUT2D eigenvalue weighted by atomic mass is 10.0. The van der Waals surface area contributed by atoms with Crippen molar-refractivity contribution in [2.24, 2.45) is 0 Å². The maximum atomic E-state index is 12.9. The van der Waals surface area contributed by atoms with Crippen LogP contribution in [0.15, 0.2) is 42.5 Å². The van der Waals surface area contributed by atoms with E-state index in [4.69, 9.17) is 11.6 Å². The van der Waals surface area contributed by atoms with Gasteiger partial charge in [-0.2, -0.15) is 26.3 Å². The van der Waals surface area contributed by atoms with Crippen LogP contribution in [0.2, 0.25) is 5.02 Å². The van der Waals surface area contributed by atoms with Crippen LogP contribution in [0.1, 0.15) is 16.7 Å². The molecule has 2 aromatic carbocycles. The summed E-state index contributed by atoms with van der Waals surface area (Å²) in [5, 5.41) is 3.18. The number of hydrogen-bond donors (Lipinski definition) is 2. The molecule has 0 aliphatic heterocycles. The number of rotatable bonds is 2. The van der Waals surface area contributed by atoms with Gasteiger partial charge in [0.1, 0.15) is 5.69 Å². The van der Waals surface area contributed by atoms with Crippen molar-refractivity contribution in [3.63, 3.8) is 0 Å². The highest BCUT2D eigenvalue weighted by Gasteiger charge is 2.37. The summed E-state index contributed by atoms with van der Waals surface area (Å²) < 4.78 is 77.7. The standard InChI is InChI=1S/C16H11ClF6N2/c1-24-14(25-13-4-2-12(17)3-5-13)9-6-10(15(18,19)20)8-11(7-9)16(21,22)23/h2-8H,1H3,(H,24,25)/p+1. The van der Waals surface area contributed by atoms with Gasteiger partial charge in [0, 0.05) is 5.02 Å². The smallest absolute Gasteiger partial charge is 0.277 e. The minimum atomic E-state index is -4.91. The van der Waals surface area contributed by atoms with Crippen LogP contribution < -0.4 is 10.3 Å². The van der Waals surface area contributed by atoms with E-state index in [0.29, 0.717) is 22.8 Å².